The number of nitrogens with zero attached hydrogens (tertiary/aromatic N) is 1. The van der Waals surface area contributed by atoms with E-state index in [1.165, 1.54) is 0 Å². The van der Waals surface area contributed by atoms with Gasteiger partial charge in [-0.3, -0.25) is 4.79 Å². The summed E-state index contributed by atoms with van der Waals surface area (Å²) in [6, 6.07) is 14.9. The van der Waals surface area contributed by atoms with Crippen LogP contribution in [0.4, 0.5) is 0 Å². The summed E-state index contributed by atoms with van der Waals surface area (Å²) in [6.07, 6.45) is 0.412. The summed E-state index contributed by atoms with van der Waals surface area (Å²) in [4.78, 5) is 14.1. The van der Waals surface area contributed by atoms with Crippen LogP contribution in [-0.2, 0) is 11.2 Å². The largest absolute Gasteiger partial charge is 0.497 e. The van der Waals surface area contributed by atoms with Gasteiger partial charge in [-0.05, 0) is 54.9 Å². The van der Waals surface area contributed by atoms with Crippen LogP contribution < -0.4 is 9.47 Å². The molecule has 5 nitrogen and oxygen atoms in total. The van der Waals surface area contributed by atoms with Crippen molar-refractivity contribution >= 4 is 5.97 Å². The van der Waals surface area contributed by atoms with Gasteiger partial charge >= 0.3 is 5.97 Å². The Morgan fingerprint density at radius 2 is 1.78 bits per heavy atom. The number of carbonyl (C=O) groups is 1. The Bertz CT molecular complexity index is 711. The van der Waals surface area contributed by atoms with Gasteiger partial charge in [0.05, 0.1) is 13.0 Å². The first kappa shape index (κ1) is 20.8. The average molecular weight is 371 g/mol. The van der Waals surface area contributed by atoms with E-state index in [1.54, 1.807) is 19.2 Å². The minimum absolute atomic E-state index is 0.412. The van der Waals surface area contributed by atoms with Crippen LogP contribution in [0.1, 0.15) is 30.9 Å². The molecule has 0 radical (unpaired) electrons. The SMILES string of the molecule is CCN(CC)CCOc1cccc(CC(C(=O)O)c2ccc(OC)cc2)c1. The highest BCUT2D eigenvalue weighted by Crippen LogP contribution is 2.25. The van der Waals surface area contributed by atoms with Gasteiger partial charge in [-0.15, -0.1) is 0 Å². The molecule has 5 heteroatoms. The summed E-state index contributed by atoms with van der Waals surface area (Å²) in [7, 11) is 1.59. The Balaban J connectivity index is 2.04. The van der Waals surface area contributed by atoms with Crippen molar-refractivity contribution in [2.45, 2.75) is 26.2 Å². The van der Waals surface area contributed by atoms with E-state index in [4.69, 9.17) is 9.47 Å². The van der Waals surface area contributed by atoms with Crippen molar-refractivity contribution in [1.82, 2.24) is 4.90 Å². The molecule has 0 fully saturated rings. The van der Waals surface area contributed by atoms with Gasteiger partial charge in [-0.1, -0.05) is 38.1 Å². The third-order valence-corrected chi connectivity index (χ3v) is 4.73. The summed E-state index contributed by atoms with van der Waals surface area (Å²) in [5.74, 6) is 0.0415. The zero-order valence-electron chi connectivity index (χ0n) is 16.4. The minimum Gasteiger partial charge on any atom is -0.497 e. The molecule has 2 aromatic carbocycles. The molecule has 0 spiro atoms. The van der Waals surface area contributed by atoms with Crippen LogP contribution >= 0.6 is 0 Å². The molecule has 1 N–H and O–H groups in total. The lowest BCUT2D eigenvalue weighted by molar-refractivity contribution is -0.138. The second kappa shape index (κ2) is 10.6. The molecule has 0 aromatic heterocycles. The van der Waals surface area contributed by atoms with Gasteiger partial charge < -0.3 is 19.5 Å². The fourth-order valence-corrected chi connectivity index (χ4v) is 3.01. The number of carboxylic acids is 1. The second-order valence-electron chi connectivity index (χ2n) is 6.39. The first-order chi connectivity index (χ1) is 13.1. The molecule has 146 valence electrons. The highest BCUT2D eigenvalue weighted by Gasteiger charge is 2.20. The average Bonchev–Trinajstić information content (AvgIpc) is 2.70. The molecule has 1 unspecified atom stereocenters. The van der Waals surface area contributed by atoms with Gasteiger partial charge in [0.1, 0.15) is 18.1 Å². The lowest BCUT2D eigenvalue weighted by atomic mass is 9.92. The summed E-state index contributed by atoms with van der Waals surface area (Å²) in [5.41, 5.74) is 1.70. The molecule has 27 heavy (non-hydrogen) atoms. The fourth-order valence-electron chi connectivity index (χ4n) is 3.01. The maximum atomic E-state index is 11.8. The lowest BCUT2D eigenvalue weighted by Gasteiger charge is -2.18. The number of ether oxygens (including phenoxy) is 2. The van der Waals surface area contributed by atoms with Gasteiger partial charge in [0.2, 0.25) is 0 Å². The molecule has 0 aliphatic carbocycles. The molecule has 0 bridgehead atoms. The first-order valence-corrected chi connectivity index (χ1v) is 9.38. The van der Waals surface area contributed by atoms with Crippen molar-refractivity contribution < 1.29 is 19.4 Å². The molecule has 0 aliphatic rings. The number of hydrogen-bond donors (Lipinski definition) is 1. The molecular weight excluding hydrogens is 342 g/mol. The van der Waals surface area contributed by atoms with Crippen LogP contribution in [0.15, 0.2) is 48.5 Å². The van der Waals surface area contributed by atoms with Crippen molar-refractivity contribution in [3.05, 3.63) is 59.7 Å². The summed E-state index contributed by atoms with van der Waals surface area (Å²) >= 11 is 0. The molecule has 1 atom stereocenters. The van der Waals surface area contributed by atoms with Gasteiger partial charge in [-0.25, -0.2) is 0 Å². The van der Waals surface area contributed by atoms with Crippen molar-refractivity contribution in [2.75, 3.05) is 33.4 Å². The molecular formula is C22H29NO4. The van der Waals surface area contributed by atoms with Gasteiger partial charge in [0, 0.05) is 6.54 Å². The number of methoxy groups -OCH3 is 1. The summed E-state index contributed by atoms with van der Waals surface area (Å²) in [5, 5.41) is 9.67. The van der Waals surface area contributed by atoms with E-state index in [9.17, 15) is 9.90 Å². The van der Waals surface area contributed by atoms with E-state index < -0.39 is 11.9 Å². The molecule has 2 rings (SSSR count). The Hall–Kier alpha value is -2.53. The fraction of sp³-hybridized carbons (Fsp3) is 0.409. The molecule has 0 heterocycles. The first-order valence-electron chi connectivity index (χ1n) is 9.38. The maximum Gasteiger partial charge on any atom is 0.311 e. The van der Waals surface area contributed by atoms with Crippen LogP contribution in [0, 0.1) is 0 Å². The third kappa shape index (κ3) is 6.29. The van der Waals surface area contributed by atoms with Crippen LogP contribution in [0.5, 0.6) is 11.5 Å². The Kier molecular flexibility index (Phi) is 8.14. The third-order valence-electron chi connectivity index (χ3n) is 4.73. The summed E-state index contributed by atoms with van der Waals surface area (Å²) in [6.45, 7) is 7.77. The number of benzene rings is 2. The Morgan fingerprint density at radius 3 is 2.37 bits per heavy atom. The van der Waals surface area contributed by atoms with Crippen molar-refractivity contribution in [2.24, 2.45) is 0 Å². The number of hydrogen-bond acceptors (Lipinski definition) is 4. The van der Waals surface area contributed by atoms with E-state index in [0.29, 0.717) is 18.8 Å². The van der Waals surface area contributed by atoms with Crippen LogP contribution in [0.3, 0.4) is 0 Å². The Labute approximate surface area is 161 Å². The van der Waals surface area contributed by atoms with Crippen molar-refractivity contribution in [3.63, 3.8) is 0 Å². The van der Waals surface area contributed by atoms with Gasteiger partial charge in [0.15, 0.2) is 0 Å². The normalized spacial score (nSPS) is 12.0. The maximum absolute atomic E-state index is 11.8. The predicted octanol–water partition coefficient (Wildman–Crippen LogP) is 3.83. The topological polar surface area (TPSA) is 59.0 Å². The van der Waals surface area contributed by atoms with Crippen molar-refractivity contribution in [1.29, 1.82) is 0 Å². The molecule has 2 aromatic rings. The zero-order valence-corrected chi connectivity index (χ0v) is 16.4. The highest BCUT2D eigenvalue weighted by atomic mass is 16.5. The summed E-state index contributed by atoms with van der Waals surface area (Å²) < 4.78 is 11.0. The number of carboxylic acid groups (broad SMARTS) is 1. The van der Waals surface area contributed by atoms with E-state index in [1.807, 2.05) is 36.4 Å². The quantitative estimate of drug-likeness (QED) is 0.651. The monoisotopic (exact) mass is 371 g/mol. The minimum atomic E-state index is -0.840. The standard InChI is InChI=1S/C22H29NO4/c1-4-23(5-2)13-14-27-20-8-6-7-17(15-20)16-21(22(24)25)18-9-11-19(26-3)12-10-18/h6-12,15,21H,4-5,13-14,16H2,1-3H3,(H,24,25). The molecule has 0 amide bonds. The zero-order chi connectivity index (χ0) is 19.6. The number of likely N-dealkylation sites (N-methyl/N-ethyl adjacent to an activating group) is 1. The smallest absolute Gasteiger partial charge is 0.311 e. The molecule has 0 aliphatic heterocycles. The Morgan fingerprint density at radius 1 is 1.07 bits per heavy atom. The van der Waals surface area contributed by atoms with Crippen molar-refractivity contribution in [3.8, 4) is 11.5 Å². The highest BCUT2D eigenvalue weighted by molar-refractivity contribution is 5.76. The lowest BCUT2D eigenvalue weighted by Crippen LogP contribution is -2.27. The predicted molar refractivity (Wildman–Crippen MR) is 107 cm³/mol. The van der Waals surface area contributed by atoms with Gasteiger partial charge in [0.25, 0.3) is 0 Å². The number of aliphatic carboxylic acids is 1. The van der Waals surface area contributed by atoms with Crippen LogP contribution in [0.2, 0.25) is 0 Å². The van der Waals surface area contributed by atoms with Crippen LogP contribution in [-0.4, -0.2) is 49.3 Å². The van der Waals surface area contributed by atoms with E-state index in [0.717, 1.165) is 36.5 Å². The van der Waals surface area contributed by atoms with Gasteiger partial charge in [-0.2, -0.15) is 0 Å². The molecule has 0 saturated carbocycles. The second-order valence-corrected chi connectivity index (χ2v) is 6.39. The van der Waals surface area contributed by atoms with Crippen LogP contribution in [0.25, 0.3) is 0 Å². The van der Waals surface area contributed by atoms with E-state index in [-0.39, 0.29) is 0 Å². The number of rotatable bonds is 11. The van der Waals surface area contributed by atoms with E-state index >= 15 is 0 Å². The van der Waals surface area contributed by atoms with E-state index in [2.05, 4.69) is 18.7 Å². The molecule has 0 saturated heterocycles.